The molecule has 2 aromatic rings. The van der Waals surface area contributed by atoms with Crippen LogP contribution in [-0.2, 0) is 0 Å². The molecule has 76 valence electrons. The van der Waals surface area contributed by atoms with Crippen LogP contribution in [0.25, 0.3) is 11.1 Å². The number of rotatable bonds is 1. The van der Waals surface area contributed by atoms with Crippen molar-refractivity contribution in [3.05, 3.63) is 45.9 Å². The summed E-state index contributed by atoms with van der Waals surface area (Å²) in [4.78, 5) is 7.81. The average molecular weight is 260 g/mol. The molecule has 1 aromatic carbocycles. The SMILES string of the molecule is Clc1cc(Cl)c(Cl)c(-c2cncnc2)c1. The zero-order valence-electron chi connectivity index (χ0n) is 7.42. The molecule has 0 saturated heterocycles. The van der Waals surface area contributed by atoms with Crippen molar-refractivity contribution in [3.63, 3.8) is 0 Å². The van der Waals surface area contributed by atoms with Crippen LogP contribution in [0.1, 0.15) is 0 Å². The largest absolute Gasteiger partial charge is 0.244 e. The highest BCUT2D eigenvalue weighted by molar-refractivity contribution is 6.45. The second-order valence-electron chi connectivity index (χ2n) is 2.88. The van der Waals surface area contributed by atoms with Gasteiger partial charge in [0.2, 0.25) is 0 Å². The molecule has 0 aliphatic heterocycles. The van der Waals surface area contributed by atoms with E-state index in [1.54, 1.807) is 24.5 Å². The van der Waals surface area contributed by atoms with E-state index in [0.29, 0.717) is 15.1 Å². The predicted octanol–water partition coefficient (Wildman–Crippen LogP) is 4.10. The number of hydrogen-bond acceptors (Lipinski definition) is 2. The van der Waals surface area contributed by atoms with E-state index in [2.05, 4.69) is 9.97 Å². The van der Waals surface area contributed by atoms with E-state index in [1.807, 2.05) is 0 Å². The summed E-state index contributed by atoms with van der Waals surface area (Å²) in [6.07, 6.45) is 4.76. The molecule has 15 heavy (non-hydrogen) atoms. The number of halogens is 3. The maximum absolute atomic E-state index is 6.05. The lowest BCUT2D eigenvalue weighted by Crippen LogP contribution is -1.84. The first kappa shape index (κ1) is 10.7. The van der Waals surface area contributed by atoms with Crippen LogP contribution in [0.2, 0.25) is 15.1 Å². The van der Waals surface area contributed by atoms with Crippen LogP contribution in [0.5, 0.6) is 0 Å². The molecule has 0 radical (unpaired) electrons. The zero-order chi connectivity index (χ0) is 10.8. The Morgan fingerprint density at radius 3 is 2.27 bits per heavy atom. The maximum atomic E-state index is 6.05. The van der Waals surface area contributed by atoms with Gasteiger partial charge >= 0.3 is 0 Å². The minimum atomic E-state index is 0.419. The van der Waals surface area contributed by atoms with Crippen molar-refractivity contribution in [1.82, 2.24) is 9.97 Å². The minimum Gasteiger partial charge on any atom is -0.244 e. The van der Waals surface area contributed by atoms with Crippen LogP contribution in [0, 0.1) is 0 Å². The van der Waals surface area contributed by atoms with Crippen LogP contribution >= 0.6 is 34.8 Å². The summed E-state index contributed by atoms with van der Waals surface area (Å²) in [5.41, 5.74) is 1.52. The third kappa shape index (κ3) is 2.23. The molecule has 0 spiro atoms. The van der Waals surface area contributed by atoms with E-state index in [1.165, 1.54) is 6.33 Å². The molecular formula is C10H5Cl3N2. The van der Waals surface area contributed by atoms with Crippen molar-refractivity contribution < 1.29 is 0 Å². The molecule has 1 aromatic heterocycles. The molecule has 0 bridgehead atoms. The normalized spacial score (nSPS) is 10.3. The number of aromatic nitrogens is 2. The van der Waals surface area contributed by atoms with Gasteiger partial charge in [-0.15, -0.1) is 0 Å². The topological polar surface area (TPSA) is 25.8 Å². The Labute approximate surface area is 102 Å². The number of nitrogens with zero attached hydrogens (tertiary/aromatic N) is 2. The van der Waals surface area contributed by atoms with Gasteiger partial charge in [0.05, 0.1) is 10.0 Å². The third-order valence-electron chi connectivity index (χ3n) is 1.86. The van der Waals surface area contributed by atoms with Gasteiger partial charge in [-0.25, -0.2) is 9.97 Å². The first-order chi connectivity index (χ1) is 7.18. The molecule has 0 aliphatic carbocycles. The average Bonchev–Trinajstić information content (AvgIpc) is 2.24. The van der Waals surface area contributed by atoms with Crippen molar-refractivity contribution in [2.75, 3.05) is 0 Å². The summed E-state index contributed by atoms with van der Waals surface area (Å²) < 4.78 is 0. The van der Waals surface area contributed by atoms with Crippen molar-refractivity contribution in [3.8, 4) is 11.1 Å². The second kappa shape index (κ2) is 4.35. The predicted molar refractivity (Wildman–Crippen MR) is 62.5 cm³/mol. The number of hydrogen-bond donors (Lipinski definition) is 0. The maximum Gasteiger partial charge on any atom is 0.115 e. The van der Waals surface area contributed by atoms with Gasteiger partial charge in [-0.1, -0.05) is 34.8 Å². The first-order valence-corrected chi connectivity index (χ1v) is 5.22. The minimum absolute atomic E-state index is 0.419. The lowest BCUT2D eigenvalue weighted by molar-refractivity contribution is 1.17. The van der Waals surface area contributed by atoms with Crippen LogP contribution in [0.3, 0.4) is 0 Å². The standard InChI is InChI=1S/C10H5Cl3N2/c11-7-1-8(10(13)9(12)2-7)6-3-14-5-15-4-6/h1-5H. The van der Waals surface area contributed by atoms with Gasteiger partial charge in [0.1, 0.15) is 6.33 Å². The molecule has 0 atom stereocenters. The molecule has 1 heterocycles. The third-order valence-corrected chi connectivity index (χ3v) is 2.88. The fourth-order valence-electron chi connectivity index (χ4n) is 1.20. The Morgan fingerprint density at radius 2 is 1.60 bits per heavy atom. The fraction of sp³-hybridized carbons (Fsp3) is 0. The van der Waals surface area contributed by atoms with E-state index in [-0.39, 0.29) is 0 Å². The van der Waals surface area contributed by atoms with Crippen LogP contribution < -0.4 is 0 Å². The Hall–Kier alpha value is -0.830. The number of benzene rings is 1. The Balaban J connectivity index is 2.63. The highest BCUT2D eigenvalue weighted by Gasteiger charge is 2.09. The van der Waals surface area contributed by atoms with E-state index >= 15 is 0 Å². The van der Waals surface area contributed by atoms with Crippen molar-refractivity contribution >= 4 is 34.8 Å². The Bertz CT molecular complexity index is 486. The highest BCUT2D eigenvalue weighted by Crippen LogP contribution is 2.35. The molecule has 0 saturated carbocycles. The molecule has 0 aliphatic rings. The first-order valence-electron chi connectivity index (χ1n) is 4.08. The van der Waals surface area contributed by atoms with Crippen LogP contribution in [-0.4, -0.2) is 9.97 Å². The summed E-state index contributed by atoms with van der Waals surface area (Å²) in [5, 5.41) is 1.40. The van der Waals surface area contributed by atoms with E-state index < -0.39 is 0 Å². The van der Waals surface area contributed by atoms with Gasteiger partial charge in [0.25, 0.3) is 0 Å². The smallest absolute Gasteiger partial charge is 0.115 e. The molecule has 0 amide bonds. The van der Waals surface area contributed by atoms with E-state index in [4.69, 9.17) is 34.8 Å². The monoisotopic (exact) mass is 258 g/mol. The zero-order valence-corrected chi connectivity index (χ0v) is 9.68. The van der Waals surface area contributed by atoms with Crippen molar-refractivity contribution in [1.29, 1.82) is 0 Å². The summed E-state index contributed by atoms with van der Waals surface area (Å²) in [5.74, 6) is 0. The van der Waals surface area contributed by atoms with Gasteiger partial charge in [-0.05, 0) is 12.1 Å². The quantitative estimate of drug-likeness (QED) is 0.721. The molecule has 5 heteroatoms. The molecular weight excluding hydrogens is 254 g/mol. The van der Waals surface area contributed by atoms with Crippen molar-refractivity contribution in [2.45, 2.75) is 0 Å². The van der Waals surface area contributed by atoms with Gasteiger partial charge in [-0.3, -0.25) is 0 Å². The molecule has 0 fully saturated rings. The second-order valence-corrected chi connectivity index (χ2v) is 4.10. The Kier molecular flexibility index (Phi) is 3.10. The lowest BCUT2D eigenvalue weighted by atomic mass is 10.1. The van der Waals surface area contributed by atoms with Crippen LogP contribution in [0.4, 0.5) is 0 Å². The van der Waals surface area contributed by atoms with E-state index in [0.717, 1.165) is 11.1 Å². The van der Waals surface area contributed by atoms with E-state index in [9.17, 15) is 0 Å². The summed E-state index contributed by atoms with van der Waals surface area (Å²) in [7, 11) is 0. The van der Waals surface area contributed by atoms with Gasteiger partial charge in [-0.2, -0.15) is 0 Å². The highest BCUT2D eigenvalue weighted by atomic mass is 35.5. The van der Waals surface area contributed by atoms with Crippen LogP contribution in [0.15, 0.2) is 30.9 Å². The van der Waals surface area contributed by atoms with Gasteiger partial charge in [0.15, 0.2) is 0 Å². The lowest BCUT2D eigenvalue weighted by Gasteiger charge is -2.05. The molecule has 2 nitrogen and oxygen atoms in total. The Morgan fingerprint density at radius 1 is 0.933 bits per heavy atom. The molecule has 2 rings (SSSR count). The molecule has 0 unspecified atom stereocenters. The molecule has 0 N–H and O–H groups in total. The van der Waals surface area contributed by atoms with Gasteiger partial charge < -0.3 is 0 Å². The fourth-order valence-corrected chi connectivity index (χ4v) is 1.92. The van der Waals surface area contributed by atoms with Gasteiger partial charge in [0, 0.05) is 28.5 Å². The summed E-state index contributed by atoms with van der Waals surface area (Å²) in [6, 6.07) is 3.33. The summed E-state index contributed by atoms with van der Waals surface area (Å²) >= 11 is 17.9. The van der Waals surface area contributed by atoms with Crippen molar-refractivity contribution in [2.24, 2.45) is 0 Å². The summed E-state index contributed by atoms with van der Waals surface area (Å²) in [6.45, 7) is 0.